The first-order valence-corrected chi connectivity index (χ1v) is 14.7. The quantitative estimate of drug-likeness (QED) is 0.0586. The van der Waals surface area contributed by atoms with Crippen molar-refractivity contribution in [3.05, 3.63) is 36.0 Å². The molecule has 13 N–H and O–H groups in total. The Morgan fingerprint density at radius 1 is 0.953 bits per heavy atom. The third kappa shape index (κ3) is 11.2. The molecule has 0 aliphatic heterocycles. The molecular formula is C29H47N9O5. The molecule has 0 saturated carbocycles. The van der Waals surface area contributed by atoms with E-state index in [2.05, 4.69) is 25.9 Å². The van der Waals surface area contributed by atoms with E-state index in [9.17, 15) is 24.3 Å². The normalized spacial score (nSPS) is 14.6. The zero-order valence-electron chi connectivity index (χ0n) is 25.0. The summed E-state index contributed by atoms with van der Waals surface area (Å²) in [5.74, 6) is -3.40. The first-order valence-electron chi connectivity index (χ1n) is 14.7. The second-order valence-corrected chi connectivity index (χ2v) is 10.7. The van der Waals surface area contributed by atoms with E-state index < -0.39 is 47.9 Å². The summed E-state index contributed by atoms with van der Waals surface area (Å²) in [6, 6.07) is 3.41. The smallest absolute Gasteiger partial charge is 0.326 e. The molecule has 2 rings (SSSR count). The van der Waals surface area contributed by atoms with Crippen molar-refractivity contribution in [1.82, 2.24) is 20.9 Å². The van der Waals surface area contributed by atoms with Gasteiger partial charge < -0.3 is 49.0 Å². The van der Waals surface area contributed by atoms with E-state index in [1.165, 1.54) is 0 Å². The summed E-state index contributed by atoms with van der Waals surface area (Å²) in [6.45, 7) is 4.32. The number of guanidine groups is 1. The maximum absolute atomic E-state index is 13.7. The highest BCUT2D eigenvalue weighted by Gasteiger charge is 2.33. The van der Waals surface area contributed by atoms with Crippen LogP contribution in [0.2, 0.25) is 0 Å². The molecule has 1 heterocycles. The third-order valence-electron chi connectivity index (χ3n) is 7.39. The van der Waals surface area contributed by atoms with Crippen LogP contribution in [-0.4, -0.2) is 77.0 Å². The number of carboxylic acid groups (broad SMARTS) is 1. The Bertz CT molecular complexity index is 1240. The number of rotatable bonds is 19. The minimum atomic E-state index is -1.22. The number of amides is 3. The number of nitrogens with two attached hydrogens (primary N) is 4. The number of nitrogens with zero attached hydrogens (tertiary/aromatic N) is 1. The third-order valence-corrected chi connectivity index (χ3v) is 7.39. The van der Waals surface area contributed by atoms with Crippen molar-refractivity contribution in [2.75, 3.05) is 13.1 Å². The predicted molar refractivity (Wildman–Crippen MR) is 166 cm³/mol. The van der Waals surface area contributed by atoms with Gasteiger partial charge in [-0.05, 0) is 49.8 Å². The van der Waals surface area contributed by atoms with Crippen molar-refractivity contribution < 1.29 is 24.3 Å². The van der Waals surface area contributed by atoms with Crippen LogP contribution in [0.15, 0.2) is 35.5 Å². The van der Waals surface area contributed by atoms with Gasteiger partial charge in [-0.25, -0.2) is 4.79 Å². The molecule has 14 nitrogen and oxygen atoms in total. The summed E-state index contributed by atoms with van der Waals surface area (Å²) in [6.07, 6.45) is 4.62. The number of carbonyl (C=O) groups excluding carboxylic acids is 3. The molecule has 14 heteroatoms. The number of hydrogen-bond acceptors (Lipinski definition) is 7. The predicted octanol–water partition coefficient (Wildman–Crippen LogP) is -0.195. The Labute approximate surface area is 251 Å². The molecule has 1 aromatic carbocycles. The molecule has 0 bridgehead atoms. The van der Waals surface area contributed by atoms with Crippen molar-refractivity contribution in [2.45, 2.75) is 83.0 Å². The summed E-state index contributed by atoms with van der Waals surface area (Å²) in [4.78, 5) is 59.0. The second kappa shape index (κ2) is 17.7. The summed E-state index contributed by atoms with van der Waals surface area (Å²) < 4.78 is 0. The van der Waals surface area contributed by atoms with E-state index in [0.29, 0.717) is 32.2 Å². The van der Waals surface area contributed by atoms with E-state index in [0.717, 1.165) is 22.9 Å². The number of aromatic nitrogens is 1. The fourth-order valence-electron chi connectivity index (χ4n) is 4.63. The number of carbonyl (C=O) groups is 4. The number of aliphatic imine (C=N–C) groups is 1. The molecule has 0 saturated heterocycles. The summed E-state index contributed by atoms with van der Waals surface area (Å²) >= 11 is 0. The summed E-state index contributed by atoms with van der Waals surface area (Å²) in [5.41, 5.74) is 24.0. The number of aliphatic carboxylic acids is 1. The SMILES string of the molecule is CCC(C)C(NC(=O)C(Cc1c[nH]c2ccccc12)NC(=O)C(N)CCCCN)C(=O)NC(CCCN=C(N)N)C(=O)O. The lowest BCUT2D eigenvalue weighted by Crippen LogP contribution is -2.59. The van der Waals surface area contributed by atoms with Crippen molar-refractivity contribution in [2.24, 2.45) is 33.8 Å². The van der Waals surface area contributed by atoms with Gasteiger partial charge in [-0.1, -0.05) is 44.9 Å². The van der Waals surface area contributed by atoms with Gasteiger partial charge in [-0.15, -0.1) is 0 Å². The number of H-pyrrole nitrogens is 1. The summed E-state index contributed by atoms with van der Waals surface area (Å²) in [7, 11) is 0. The molecule has 5 atom stereocenters. The molecule has 0 fully saturated rings. The molecule has 1 aromatic heterocycles. The van der Waals surface area contributed by atoms with Crippen molar-refractivity contribution in [3.63, 3.8) is 0 Å². The minimum absolute atomic E-state index is 0.0836. The molecule has 238 valence electrons. The zero-order valence-corrected chi connectivity index (χ0v) is 25.0. The number of nitrogens with one attached hydrogen (secondary N) is 4. The Kier molecular flexibility index (Phi) is 14.4. The first-order chi connectivity index (χ1) is 20.5. The van der Waals surface area contributed by atoms with E-state index in [4.69, 9.17) is 22.9 Å². The molecule has 5 unspecified atom stereocenters. The van der Waals surface area contributed by atoms with Crippen LogP contribution in [-0.2, 0) is 25.6 Å². The fourth-order valence-corrected chi connectivity index (χ4v) is 4.63. The lowest BCUT2D eigenvalue weighted by molar-refractivity contribution is -0.143. The van der Waals surface area contributed by atoms with Crippen LogP contribution in [0.5, 0.6) is 0 Å². The van der Waals surface area contributed by atoms with Gasteiger partial charge in [-0.2, -0.15) is 0 Å². The van der Waals surface area contributed by atoms with E-state index in [1.807, 2.05) is 31.2 Å². The van der Waals surface area contributed by atoms with Crippen LogP contribution in [0, 0.1) is 5.92 Å². The number of para-hydroxylation sites is 1. The second-order valence-electron chi connectivity index (χ2n) is 10.7. The lowest BCUT2D eigenvalue weighted by Gasteiger charge is -2.28. The topological polar surface area (TPSA) is 257 Å². The number of fused-ring (bicyclic) bond motifs is 1. The lowest BCUT2D eigenvalue weighted by atomic mass is 9.96. The number of aromatic amines is 1. The number of benzene rings is 1. The number of carboxylic acids is 1. The van der Waals surface area contributed by atoms with Gasteiger partial charge in [-0.3, -0.25) is 19.4 Å². The average molecular weight is 602 g/mol. The fraction of sp³-hybridized carbons (Fsp3) is 0.552. The maximum atomic E-state index is 13.7. The van der Waals surface area contributed by atoms with Crippen LogP contribution < -0.4 is 38.9 Å². The van der Waals surface area contributed by atoms with Crippen LogP contribution >= 0.6 is 0 Å². The van der Waals surface area contributed by atoms with Gasteiger partial charge in [0.05, 0.1) is 6.04 Å². The highest BCUT2D eigenvalue weighted by Crippen LogP contribution is 2.20. The largest absolute Gasteiger partial charge is 0.480 e. The molecular weight excluding hydrogens is 554 g/mol. The van der Waals surface area contributed by atoms with E-state index in [-0.39, 0.29) is 31.3 Å². The van der Waals surface area contributed by atoms with Crippen LogP contribution in [0.1, 0.15) is 57.9 Å². The van der Waals surface area contributed by atoms with Crippen LogP contribution in [0.3, 0.4) is 0 Å². The van der Waals surface area contributed by atoms with Gasteiger partial charge in [0.25, 0.3) is 0 Å². The average Bonchev–Trinajstić information content (AvgIpc) is 3.38. The zero-order chi connectivity index (χ0) is 31.9. The van der Waals surface area contributed by atoms with Gasteiger partial charge in [0.1, 0.15) is 18.1 Å². The Hall–Kier alpha value is -4.17. The molecule has 0 spiro atoms. The van der Waals surface area contributed by atoms with E-state index in [1.54, 1.807) is 13.1 Å². The van der Waals surface area contributed by atoms with Gasteiger partial charge in [0.15, 0.2) is 5.96 Å². The van der Waals surface area contributed by atoms with Crippen LogP contribution in [0.25, 0.3) is 10.9 Å². The van der Waals surface area contributed by atoms with Gasteiger partial charge in [0.2, 0.25) is 17.7 Å². The van der Waals surface area contributed by atoms with Crippen LogP contribution in [0.4, 0.5) is 0 Å². The monoisotopic (exact) mass is 601 g/mol. The maximum Gasteiger partial charge on any atom is 0.326 e. The van der Waals surface area contributed by atoms with Gasteiger partial charge in [0, 0.05) is 30.1 Å². The molecule has 0 aliphatic carbocycles. The first kappa shape index (κ1) is 35.0. The Balaban J connectivity index is 2.25. The van der Waals surface area contributed by atoms with Crippen molar-refractivity contribution in [3.8, 4) is 0 Å². The molecule has 3 amide bonds. The Morgan fingerprint density at radius 3 is 2.30 bits per heavy atom. The Morgan fingerprint density at radius 2 is 1.65 bits per heavy atom. The standard InChI is InChI=1S/C29H47N9O5/c1-3-17(2)24(27(41)36-22(28(42)43)12-8-14-34-29(32)33)38-26(40)23(37-25(39)20(31)10-6-7-13-30)15-18-16-35-21-11-5-4-9-19(18)21/h4-5,9,11,16-17,20,22-24,35H,3,6-8,10,12-15,30-31H2,1-2H3,(H,36,41)(H,37,39)(H,38,40)(H,42,43)(H4,32,33,34). The van der Waals surface area contributed by atoms with Gasteiger partial charge >= 0.3 is 5.97 Å². The molecule has 0 radical (unpaired) electrons. The number of hydrogen-bond donors (Lipinski definition) is 9. The highest BCUT2D eigenvalue weighted by atomic mass is 16.4. The number of unbranched alkanes of at least 4 members (excludes halogenated alkanes) is 1. The molecule has 43 heavy (non-hydrogen) atoms. The minimum Gasteiger partial charge on any atom is -0.480 e. The van der Waals surface area contributed by atoms with Crippen molar-refractivity contribution >= 4 is 40.6 Å². The molecule has 2 aromatic rings. The highest BCUT2D eigenvalue weighted by molar-refractivity contribution is 5.95. The van der Waals surface area contributed by atoms with Crippen molar-refractivity contribution in [1.29, 1.82) is 0 Å². The molecule has 0 aliphatic rings. The van der Waals surface area contributed by atoms with E-state index >= 15 is 0 Å². The summed E-state index contributed by atoms with van der Waals surface area (Å²) in [5, 5.41) is 18.6.